The maximum atomic E-state index is 13.1. The number of hydrogen-bond donors (Lipinski definition) is 0. The fourth-order valence-corrected chi connectivity index (χ4v) is 8.25. The number of allylic oxidation sites excluding steroid dienone is 1. The fraction of sp³-hybridized carbons (Fsp3) is 0.515. The zero-order valence-electron chi connectivity index (χ0n) is 25.0. The minimum atomic E-state index is -0.851. The van der Waals surface area contributed by atoms with Gasteiger partial charge in [-0.3, -0.25) is 20.2 Å². The summed E-state index contributed by atoms with van der Waals surface area (Å²) in [6, 6.07) is 10.9. The predicted octanol–water partition coefficient (Wildman–Crippen LogP) is 6.60. The summed E-state index contributed by atoms with van der Waals surface area (Å²) in [5, 5.41) is 21.9. The molecule has 0 amide bonds. The van der Waals surface area contributed by atoms with E-state index in [0.717, 1.165) is 32.1 Å². The average molecular weight is 605 g/mol. The van der Waals surface area contributed by atoms with Crippen molar-refractivity contribution in [2.24, 2.45) is 22.7 Å². The van der Waals surface area contributed by atoms with Crippen molar-refractivity contribution in [2.45, 2.75) is 77.1 Å². The smallest absolute Gasteiger partial charge is 0.338 e. The first-order valence-electron chi connectivity index (χ1n) is 15.1. The molecule has 1 saturated heterocycles. The van der Waals surface area contributed by atoms with E-state index in [1.807, 2.05) is 6.92 Å². The topological polar surface area (TPSA) is 148 Å². The molecule has 2 saturated carbocycles. The molecule has 3 fully saturated rings. The molecule has 1 aliphatic heterocycles. The summed E-state index contributed by atoms with van der Waals surface area (Å²) in [5.74, 6) is -0.367. The number of esters is 2. The van der Waals surface area contributed by atoms with Crippen LogP contribution in [-0.4, -0.2) is 46.2 Å². The van der Waals surface area contributed by atoms with E-state index >= 15 is 0 Å². The molecular weight excluding hydrogens is 568 g/mol. The van der Waals surface area contributed by atoms with Crippen LogP contribution in [0.15, 0.2) is 60.2 Å². The molecule has 7 atom stereocenters. The summed E-state index contributed by atoms with van der Waals surface area (Å²) in [7, 11) is 0. The van der Waals surface area contributed by atoms with Crippen LogP contribution in [0.1, 0.15) is 80.0 Å². The highest BCUT2D eigenvalue weighted by molar-refractivity contribution is 5.90. The van der Waals surface area contributed by atoms with Gasteiger partial charge in [0.1, 0.15) is 11.7 Å². The van der Waals surface area contributed by atoms with Crippen molar-refractivity contribution < 1.29 is 33.6 Å². The third-order valence-electron chi connectivity index (χ3n) is 11.1. The number of rotatable bonds is 6. The van der Waals surface area contributed by atoms with Crippen molar-refractivity contribution in [3.8, 4) is 0 Å². The van der Waals surface area contributed by atoms with Crippen LogP contribution in [0, 0.1) is 42.9 Å². The van der Waals surface area contributed by atoms with Crippen molar-refractivity contribution in [1.82, 2.24) is 0 Å². The lowest BCUT2D eigenvalue weighted by molar-refractivity contribution is -0.385. The minimum Gasteiger partial charge on any atom is -0.458 e. The highest BCUT2D eigenvalue weighted by atomic mass is 16.6. The fourth-order valence-electron chi connectivity index (χ4n) is 8.25. The zero-order chi connectivity index (χ0) is 31.4. The van der Waals surface area contributed by atoms with Crippen molar-refractivity contribution >= 4 is 23.3 Å². The SMILES string of the molecule is C[C@]12CC[C@H](OC(=O)c3ccc([N+](=O)[O-])cc3)CC1=CC[C@H]1[C@H]3OC[C@@](C)(OC(=O)c4ccc([N+](=O)[O-])cc4)[C@@]3(C)CC[C@@H]12. The molecule has 11 heteroatoms. The van der Waals surface area contributed by atoms with Gasteiger partial charge in [-0.05, 0) is 80.5 Å². The van der Waals surface area contributed by atoms with Crippen LogP contribution in [0.5, 0.6) is 0 Å². The van der Waals surface area contributed by atoms with Gasteiger partial charge in [-0.25, -0.2) is 9.59 Å². The number of non-ortho nitro benzene ring substituents is 2. The summed E-state index contributed by atoms with van der Waals surface area (Å²) in [6.07, 6.45) is 6.79. The Balaban J connectivity index is 1.14. The first-order valence-corrected chi connectivity index (χ1v) is 15.1. The van der Waals surface area contributed by atoms with E-state index in [9.17, 15) is 29.8 Å². The Hall–Kier alpha value is -4.12. The molecule has 0 N–H and O–H groups in total. The molecule has 0 unspecified atom stereocenters. The van der Waals surface area contributed by atoms with Gasteiger partial charge < -0.3 is 14.2 Å². The van der Waals surface area contributed by atoms with E-state index in [2.05, 4.69) is 19.9 Å². The second kappa shape index (κ2) is 10.8. The van der Waals surface area contributed by atoms with E-state index in [4.69, 9.17) is 14.2 Å². The number of benzene rings is 2. The molecule has 2 aromatic rings. The Morgan fingerprint density at radius 2 is 1.45 bits per heavy atom. The molecule has 0 radical (unpaired) electrons. The molecule has 1 heterocycles. The molecule has 0 aromatic heterocycles. The Bertz CT molecular complexity index is 1540. The summed E-state index contributed by atoms with van der Waals surface area (Å²) < 4.78 is 18.5. The highest BCUT2D eigenvalue weighted by Gasteiger charge is 2.65. The van der Waals surface area contributed by atoms with E-state index < -0.39 is 32.8 Å². The minimum absolute atomic E-state index is 0.0572. The van der Waals surface area contributed by atoms with E-state index in [1.165, 1.54) is 54.1 Å². The molecule has 44 heavy (non-hydrogen) atoms. The maximum absolute atomic E-state index is 13.1. The molecule has 11 nitrogen and oxygen atoms in total. The maximum Gasteiger partial charge on any atom is 0.338 e. The molecule has 2 aromatic carbocycles. The third kappa shape index (κ3) is 4.87. The Morgan fingerprint density at radius 3 is 2.05 bits per heavy atom. The van der Waals surface area contributed by atoms with Crippen LogP contribution >= 0.6 is 0 Å². The first kappa shape index (κ1) is 29.9. The molecule has 0 bridgehead atoms. The Labute approximate surface area is 254 Å². The first-order chi connectivity index (χ1) is 20.8. The van der Waals surface area contributed by atoms with Gasteiger partial charge in [0.15, 0.2) is 0 Å². The van der Waals surface area contributed by atoms with Crippen LogP contribution in [0.2, 0.25) is 0 Å². The number of fused-ring (bicyclic) bond motifs is 5. The number of nitrogens with zero attached hydrogens (tertiary/aromatic N) is 2. The van der Waals surface area contributed by atoms with Crippen LogP contribution in [0.4, 0.5) is 11.4 Å². The van der Waals surface area contributed by atoms with Gasteiger partial charge in [-0.2, -0.15) is 0 Å². The Morgan fingerprint density at radius 1 is 0.864 bits per heavy atom. The van der Waals surface area contributed by atoms with Gasteiger partial charge in [0.25, 0.3) is 11.4 Å². The summed E-state index contributed by atoms with van der Waals surface area (Å²) in [6.45, 7) is 6.69. The van der Waals surface area contributed by atoms with Crippen molar-refractivity contribution in [3.05, 3.63) is 91.5 Å². The van der Waals surface area contributed by atoms with E-state index in [0.29, 0.717) is 17.9 Å². The third-order valence-corrected chi connectivity index (χ3v) is 11.1. The quantitative estimate of drug-likeness (QED) is 0.154. The second-order valence-electron chi connectivity index (χ2n) is 13.3. The normalized spacial score (nSPS) is 34.0. The highest BCUT2D eigenvalue weighted by Crippen LogP contribution is 2.64. The summed E-state index contributed by atoms with van der Waals surface area (Å²) in [5.41, 5.74) is 0.399. The molecular formula is C33H36N2O9. The predicted molar refractivity (Wildman–Crippen MR) is 158 cm³/mol. The average Bonchev–Trinajstić information content (AvgIpc) is 3.27. The van der Waals surface area contributed by atoms with Crippen molar-refractivity contribution in [3.63, 3.8) is 0 Å². The van der Waals surface area contributed by atoms with Gasteiger partial charge in [0.05, 0.1) is 33.7 Å². The van der Waals surface area contributed by atoms with Crippen LogP contribution in [0.25, 0.3) is 0 Å². The van der Waals surface area contributed by atoms with Crippen molar-refractivity contribution in [1.29, 1.82) is 0 Å². The standard InChI is InChI=1S/C33H36N2O9/c1-31-16-14-25(43-29(36)20-4-9-23(10-5-20)34(38)39)18-22(31)8-13-26-27(31)15-17-32(2)28(26)42-19-33(32,3)44-30(37)21-6-11-24(12-7-21)35(40)41/h4-12,25-28H,13-19H2,1-3H3/t25-,26+,27-,28+,31-,32-,33+/m0/s1. The van der Waals surface area contributed by atoms with Crippen LogP contribution in [0.3, 0.4) is 0 Å². The van der Waals surface area contributed by atoms with Gasteiger partial charge in [-0.15, -0.1) is 0 Å². The number of carbonyl (C=O) groups excluding carboxylic acids is 2. The summed E-state index contributed by atoms with van der Waals surface area (Å²) >= 11 is 0. The monoisotopic (exact) mass is 604 g/mol. The Kier molecular flexibility index (Phi) is 7.34. The van der Waals surface area contributed by atoms with E-state index in [1.54, 1.807) is 0 Å². The van der Waals surface area contributed by atoms with Gasteiger partial charge in [0, 0.05) is 36.1 Å². The number of ether oxygens (including phenoxy) is 3. The molecule has 3 aliphatic carbocycles. The van der Waals surface area contributed by atoms with Crippen molar-refractivity contribution in [2.75, 3.05) is 6.61 Å². The number of nitro groups is 2. The zero-order valence-corrected chi connectivity index (χ0v) is 25.0. The molecule has 232 valence electrons. The lowest BCUT2D eigenvalue weighted by Gasteiger charge is -2.57. The number of carbonyl (C=O) groups is 2. The molecule has 6 rings (SSSR count). The van der Waals surface area contributed by atoms with Crippen LogP contribution in [-0.2, 0) is 14.2 Å². The van der Waals surface area contributed by atoms with Gasteiger partial charge in [0.2, 0.25) is 0 Å². The van der Waals surface area contributed by atoms with Gasteiger partial charge >= 0.3 is 11.9 Å². The summed E-state index contributed by atoms with van der Waals surface area (Å²) in [4.78, 5) is 46.9. The lowest BCUT2D eigenvalue weighted by atomic mass is 9.48. The second-order valence-corrected chi connectivity index (χ2v) is 13.3. The van der Waals surface area contributed by atoms with Crippen LogP contribution < -0.4 is 0 Å². The largest absolute Gasteiger partial charge is 0.458 e. The molecule has 0 spiro atoms. The van der Waals surface area contributed by atoms with Gasteiger partial charge in [-0.1, -0.05) is 25.5 Å². The lowest BCUT2D eigenvalue weighted by Crippen LogP contribution is -2.57. The number of nitro benzene ring substituents is 2. The molecule has 4 aliphatic rings. The van der Waals surface area contributed by atoms with E-state index in [-0.39, 0.29) is 47.1 Å². The number of hydrogen-bond acceptors (Lipinski definition) is 9.